The third-order valence-corrected chi connectivity index (χ3v) is 4.14. The molecule has 0 saturated heterocycles. The molecule has 0 heterocycles. The van der Waals surface area contributed by atoms with Gasteiger partial charge in [0.05, 0.1) is 6.61 Å². The van der Waals surface area contributed by atoms with Crippen molar-refractivity contribution in [2.75, 3.05) is 26.7 Å². The number of aliphatic hydroxyl groups excluding tert-OH is 2. The second kappa shape index (κ2) is 9.10. The van der Waals surface area contributed by atoms with Crippen LogP contribution in [0, 0.1) is 0 Å². The molecule has 0 bridgehead atoms. The van der Waals surface area contributed by atoms with Crippen molar-refractivity contribution in [3.8, 4) is 0 Å². The minimum Gasteiger partial charge on any atom is -0.395 e. The van der Waals surface area contributed by atoms with E-state index in [0.717, 1.165) is 5.56 Å². The summed E-state index contributed by atoms with van der Waals surface area (Å²) in [6, 6.07) is 7.24. The minimum atomic E-state index is -1.12. The van der Waals surface area contributed by atoms with Crippen molar-refractivity contribution in [3.63, 3.8) is 0 Å². The minimum absolute atomic E-state index is 0.0193. The summed E-state index contributed by atoms with van der Waals surface area (Å²) in [5.74, 6) is -0.334. The van der Waals surface area contributed by atoms with E-state index in [0.29, 0.717) is 18.1 Å². The van der Waals surface area contributed by atoms with Crippen LogP contribution in [0.4, 0.5) is 0 Å². The van der Waals surface area contributed by atoms with Gasteiger partial charge in [0, 0.05) is 30.7 Å². The highest BCUT2D eigenvalue weighted by atomic mass is 35.5. The topological polar surface area (TPSA) is 64.0 Å². The van der Waals surface area contributed by atoms with Crippen LogP contribution in [0.2, 0.25) is 5.02 Å². The molecule has 1 amide bonds. The average molecular weight is 329 g/mol. The van der Waals surface area contributed by atoms with Gasteiger partial charge in [-0.05, 0) is 32.5 Å². The van der Waals surface area contributed by atoms with Gasteiger partial charge in [0.2, 0.25) is 0 Å². The molecule has 5 nitrogen and oxygen atoms in total. The van der Waals surface area contributed by atoms with E-state index in [1.807, 2.05) is 32.0 Å². The number of nitrogens with zero attached hydrogens (tertiary/aromatic N) is 2. The Balaban J connectivity index is 2.69. The molecule has 0 aliphatic carbocycles. The quantitative estimate of drug-likeness (QED) is 0.756. The third kappa shape index (κ3) is 5.25. The van der Waals surface area contributed by atoms with Crippen molar-refractivity contribution >= 4 is 17.5 Å². The van der Waals surface area contributed by atoms with Crippen LogP contribution >= 0.6 is 11.6 Å². The summed E-state index contributed by atoms with van der Waals surface area (Å²) in [6.07, 6.45) is -1.12. The number of amides is 1. The Bertz CT molecular complexity index is 484. The lowest BCUT2D eigenvalue weighted by atomic mass is 10.2. The molecule has 1 unspecified atom stereocenters. The lowest BCUT2D eigenvalue weighted by Crippen LogP contribution is -2.46. The highest BCUT2D eigenvalue weighted by molar-refractivity contribution is 6.31. The van der Waals surface area contributed by atoms with Crippen molar-refractivity contribution in [1.82, 2.24) is 9.80 Å². The van der Waals surface area contributed by atoms with E-state index in [4.69, 9.17) is 16.7 Å². The van der Waals surface area contributed by atoms with Gasteiger partial charge in [0.15, 0.2) is 0 Å². The zero-order valence-corrected chi connectivity index (χ0v) is 14.1. The molecular formula is C16H25ClN2O3. The van der Waals surface area contributed by atoms with E-state index in [-0.39, 0.29) is 25.1 Å². The van der Waals surface area contributed by atoms with Gasteiger partial charge in [-0.2, -0.15) is 0 Å². The first kappa shape index (κ1) is 18.9. The summed E-state index contributed by atoms with van der Waals surface area (Å²) >= 11 is 6.12. The molecule has 2 N–H and O–H groups in total. The SMILES string of the molecule is CCN(Cc1ccccc1Cl)C(=O)C(O)CN(C)[C@H](C)CO. The fraction of sp³-hybridized carbons (Fsp3) is 0.562. The van der Waals surface area contributed by atoms with Crippen LogP contribution in [-0.4, -0.2) is 64.8 Å². The molecule has 0 aliphatic rings. The van der Waals surface area contributed by atoms with Crippen LogP contribution in [-0.2, 0) is 11.3 Å². The van der Waals surface area contributed by atoms with Crippen molar-refractivity contribution in [3.05, 3.63) is 34.9 Å². The molecule has 0 aromatic heterocycles. The largest absolute Gasteiger partial charge is 0.395 e. The number of carbonyl (C=O) groups is 1. The van der Waals surface area contributed by atoms with Crippen molar-refractivity contribution < 1.29 is 15.0 Å². The van der Waals surface area contributed by atoms with Gasteiger partial charge in [0.1, 0.15) is 6.10 Å². The summed E-state index contributed by atoms with van der Waals surface area (Å²) in [6.45, 7) is 4.71. The van der Waals surface area contributed by atoms with Crippen LogP contribution < -0.4 is 0 Å². The maximum Gasteiger partial charge on any atom is 0.253 e. The lowest BCUT2D eigenvalue weighted by molar-refractivity contribution is -0.141. The van der Waals surface area contributed by atoms with Gasteiger partial charge >= 0.3 is 0 Å². The molecule has 0 spiro atoms. The van der Waals surface area contributed by atoms with E-state index in [1.54, 1.807) is 22.9 Å². The van der Waals surface area contributed by atoms with Gasteiger partial charge < -0.3 is 15.1 Å². The molecule has 124 valence electrons. The molecule has 6 heteroatoms. The number of rotatable bonds is 8. The third-order valence-electron chi connectivity index (χ3n) is 3.78. The predicted octanol–water partition coefficient (Wildman–Crippen LogP) is 1.36. The van der Waals surface area contributed by atoms with Gasteiger partial charge in [-0.1, -0.05) is 29.8 Å². The van der Waals surface area contributed by atoms with Gasteiger partial charge in [-0.15, -0.1) is 0 Å². The fourth-order valence-corrected chi connectivity index (χ4v) is 2.25. The molecule has 22 heavy (non-hydrogen) atoms. The number of carbonyl (C=O) groups excluding carboxylic acids is 1. The standard InChI is InChI=1S/C16H25ClN2O3/c1-4-19(9-13-7-5-6-8-14(13)17)16(22)15(21)10-18(3)12(2)11-20/h5-8,12,15,20-21H,4,9-11H2,1-3H3/t12-,15?/m1/s1. The number of aliphatic hydroxyl groups is 2. The van der Waals surface area contributed by atoms with E-state index in [1.165, 1.54) is 0 Å². The molecule has 2 atom stereocenters. The maximum absolute atomic E-state index is 12.4. The summed E-state index contributed by atoms with van der Waals surface area (Å²) < 4.78 is 0. The summed E-state index contributed by atoms with van der Waals surface area (Å²) in [4.78, 5) is 15.7. The molecule has 1 rings (SSSR count). The Morgan fingerprint density at radius 3 is 2.55 bits per heavy atom. The summed E-state index contributed by atoms with van der Waals surface area (Å²) in [5, 5.41) is 19.8. The Morgan fingerprint density at radius 1 is 1.36 bits per heavy atom. The average Bonchev–Trinajstić information content (AvgIpc) is 2.52. The number of likely N-dealkylation sites (N-methyl/N-ethyl adjacent to an activating group) is 2. The van der Waals surface area contributed by atoms with E-state index in [9.17, 15) is 9.90 Å². The maximum atomic E-state index is 12.4. The van der Waals surface area contributed by atoms with E-state index < -0.39 is 6.10 Å². The Kier molecular flexibility index (Phi) is 7.82. The predicted molar refractivity (Wildman–Crippen MR) is 87.7 cm³/mol. The first-order valence-corrected chi connectivity index (χ1v) is 7.79. The highest BCUT2D eigenvalue weighted by Gasteiger charge is 2.24. The zero-order valence-electron chi connectivity index (χ0n) is 13.4. The Hall–Kier alpha value is -1.14. The first-order chi connectivity index (χ1) is 10.4. The monoisotopic (exact) mass is 328 g/mol. The van der Waals surface area contributed by atoms with Crippen LogP contribution in [0.1, 0.15) is 19.4 Å². The fourth-order valence-electron chi connectivity index (χ4n) is 2.06. The summed E-state index contributed by atoms with van der Waals surface area (Å²) in [7, 11) is 1.77. The van der Waals surface area contributed by atoms with Crippen molar-refractivity contribution in [2.45, 2.75) is 32.5 Å². The molecule has 1 aromatic carbocycles. The van der Waals surface area contributed by atoms with Gasteiger partial charge in [-0.3, -0.25) is 9.69 Å². The smallest absolute Gasteiger partial charge is 0.253 e. The van der Waals surface area contributed by atoms with Crippen LogP contribution in [0.15, 0.2) is 24.3 Å². The van der Waals surface area contributed by atoms with Gasteiger partial charge in [0.25, 0.3) is 5.91 Å². The zero-order chi connectivity index (χ0) is 16.7. The van der Waals surface area contributed by atoms with Crippen LogP contribution in [0.5, 0.6) is 0 Å². The molecular weight excluding hydrogens is 304 g/mol. The number of hydrogen-bond donors (Lipinski definition) is 2. The number of halogens is 1. The first-order valence-electron chi connectivity index (χ1n) is 7.42. The molecule has 0 saturated carbocycles. The second-order valence-electron chi connectivity index (χ2n) is 5.43. The molecule has 0 fully saturated rings. The molecule has 1 aromatic rings. The lowest BCUT2D eigenvalue weighted by Gasteiger charge is -2.28. The van der Waals surface area contributed by atoms with Crippen molar-refractivity contribution in [2.24, 2.45) is 0 Å². The molecule has 0 aliphatic heterocycles. The van der Waals surface area contributed by atoms with Crippen LogP contribution in [0.3, 0.4) is 0 Å². The Labute approximate surface area is 137 Å². The number of benzene rings is 1. The van der Waals surface area contributed by atoms with Crippen LogP contribution in [0.25, 0.3) is 0 Å². The van der Waals surface area contributed by atoms with Crippen molar-refractivity contribution in [1.29, 1.82) is 0 Å². The van der Waals surface area contributed by atoms with Gasteiger partial charge in [-0.25, -0.2) is 0 Å². The second-order valence-corrected chi connectivity index (χ2v) is 5.84. The number of hydrogen-bond acceptors (Lipinski definition) is 4. The van der Waals surface area contributed by atoms with E-state index in [2.05, 4.69) is 0 Å². The summed E-state index contributed by atoms with van der Waals surface area (Å²) in [5.41, 5.74) is 0.851. The Morgan fingerprint density at radius 2 is 2.00 bits per heavy atom. The highest BCUT2D eigenvalue weighted by Crippen LogP contribution is 2.17. The van der Waals surface area contributed by atoms with E-state index >= 15 is 0 Å². The normalized spacial score (nSPS) is 14.0. The molecule has 0 radical (unpaired) electrons.